The van der Waals surface area contributed by atoms with Gasteiger partial charge in [-0.05, 0) is 24.7 Å². The topological polar surface area (TPSA) is 44.3 Å². The quantitative estimate of drug-likeness (QED) is 0.803. The molecule has 0 bridgehead atoms. The van der Waals surface area contributed by atoms with Crippen molar-refractivity contribution < 1.29 is 0 Å². The van der Waals surface area contributed by atoms with Gasteiger partial charge in [0.1, 0.15) is 0 Å². The number of aromatic amines is 1. The van der Waals surface area contributed by atoms with Gasteiger partial charge in [0.2, 0.25) is 0 Å². The molecule has 1 aliphatic heterocycles. The summed E-state index contributed by atoms with van der Waals surface area (Å²) in [4.78, 5) is 20.3. The van der Waals surface area contributed by atoms with Crippen molar-refractivity contribution in [3.8, 4) is 0 Å². The number of para-hydroxylation sites is 1. The Morgan fingerprint density at radius 3 is 2.46 bits per heavy atom. The van der Waals surface area contributed by atoms with Crippen LogP contribution in [-0.2, 0) is 6.54 Å². The lowest BCUT2D eigenvalue weighted by Crippen LogP contribution is -2.44. The Bertz CT molecular complexity index is 889. The fourth-order valence-electron chi connectivity index (χ4n) is 3.40. The molecule has 3 aromatic rings. The Balaban J connectivity index is 1.74. The number of imidazole rings is 1. The Labute approximate surface area is 141 Å². The van der Waals surface area contributed by atoms with Crippen LogP contribution < -0.4 is 10.6 Å². The van der Waals surface area contributed by atoms with Gasteiger partial charge in [-0.3, -0.25) is 4.57 Å². The molecule has 5 nitrogen and oxygen atoms in total. The van der Waals surface area contributed by atoms with Crippen LogP contribution in [0.1, 0.15) is 5.56 Å². The largest absolute Gasteiger partial charge is 0.367 e. The molecule has 0 unspecified atom stereocenters. The molecule has 1 N–H and O–H groups in total. The van der Waals surface area contributed by atoms with Crippen LogP contribution in [0.15, 0.2) is 53.3 Å². The van der Waals surface area contributed by atoms with Crippen molar-refractivity contribution in [1.29, 1.82) is 0 Å². The summed E-state index contributed by atoms with van der Waals surface area (Å²) in [6.07, 6.45) is 0. The van der Waals surface area contributed by atoms with Gasteiger partial charge in [0, 0.05) is 26.2 Å². The molecule has 2 heterocycles. The first kappa shape index (κ1) is 15.0. The van der Waals surface area contributed by atoms with E-state index >= 15 is 0 Å². The molecule has 0 radical (unpaired) electrons. The van der Waals surface area contributed by atoms with Crippen molar-refractivity contribution in [2.24, 2.45) is 0 Å². The van der Waals surface area contributed by atoms with Crippen LogP contribution >= 0.6 is 0 Å². The van der Waals surface area contributed by atoms with Gasteiger partial charge < -0.3 is 14.8 Å². The van der Waals surface area contributed by atoms with Crippen molar-refractivity contribution in [1.82, 2.24) is 14.5 Å². The molecule has 1 aliphatic rings. The molecule has 5 heteroatoms. The highest BCUT2D eigenvalue weighted by atomic mass is 16.1. The maximum atomic E-state index is 12.5. The molecule has 1 saturated heterocycles. The zero-order valence-corrected chi connectivity index (χ0v) is 13.9. The summed E-state index contributed by atoms with van der Waals surface area (Å²) < 4.78 is 1.82. The maximum absolute atomic E-state index is 12.5. The van der Waals surface area contributed by atoms with Gasteiger partial charge in [0.05, 0.1) is 23.3 Å². The highest BCUT2D eigenvalue weighted by Crippen LogP contribution is 2.25. The van der Waals surface area contributed by atoms with Crippen LogP contribution in [0.25, 0.3) is 11.0 Å². The molecule has 24 heavy (non-hydrogen) atoms. The zero-order valence-electron chi connectivity index (χ0n) is 13.9. The summed E-state index contributed by atoms with van der Waals surface area (Å²) in [5.41, 5.74) is 4.13. The van der Waals surface area contributed by atoms with Crippen LogP contribution in [0.3, 0.4) is 0 Å². The van der Waals surface area contributed by atoms with Crippen molar-refractivity contribution in [2.75, 3.05) is 38.1 Å². The monoisotopic (exact) mass is 322 g/mol. The van der Waals surface area contributed by atoms with Gasteiger partial charge in [-0.25, -0.2) is 4.79 Å². The second-order valence-electron chi connectivity index (χ2n) is 6.46. The molecule has 2 aromatic carbocycles. The zero-order chi connectivity index (χ0) is 16.5. The van der Waals surface area contributed by atoms with Gasteiger partial charge in [0.15, 0.2) is 0 Å². The summed E-state index contributed by atoms with van der Waals surface area (Å²) in [6, 6.07) is 16.3. The number of aromatic nitrogens is 2. The number of H-pyrrole nitrogens is 1. The number of hydrogen-bond acceptors (Lipinski definition) is 3. The van der Waals surface area contributed by atoms with E-state index in [2.05, 4.69) is 40.0 Å². The van der Waals surface area contributed by atoms with Gasteiger partial charge in [-0.1, -0.05) is 36.4 Å². The van der Waals surface area contributed by atoms with Gasteiger partial charge in [-0.15, -0.1) is 0 Å². The van der Waals surface area contributed by atoms with E-state index in [1.165, 1.54) is 0 Å². The smallest absolute Gasteiger partial charge is 0.326 e. The second kappa shape index (κ2) is 6.17. The van der Waals surface area contributed by atoms with E-state index in [0.29, 0.717) is 6.54 Å². The third-order valence-corrected chi connectivity index (χ3v) is 4.82. The standard InChI is InChI=1S/C19H22N4O/c1-21-10-12-22(13-11-21)16-8-5-9-17-18(16)20-19(24)23(17)14-15-6-3-2-4-7-15/h2-9H,10-14H2,1H3,(H,20,24). The highest BCUT2D eigenvalue weighted by Gasteiger charge is 2.18. The Kier molecular flexibility index (Phi) is 3.86. The van der Waals surface area contributed by atoms with Gasteiger partial charge in [0.25, 0.3) is 0 Å². The van der Waals surface area contributed by atoms with E-state index in [4.69, 9.17) is 0 Å². The number of anilines is 1. The highest BCUT2D eigenvalue weighted by molar-refractivity contribution is 5.89. The Hall–Kier alpha value is -2.53. The first-order chi connectivity index (χ1) is 11.7. The number of hydrogen-bond donors (Lipinski definition) is 1. The summed E-state index contributed by atoms with van der Waals surface area (Å²) in [7, 11) is 2.15. The van der Waals surface area contributed by atoms with Gasteiger partial charge >= 0.3 is 5.69 Å². The van der Waals surface area contributed by atoms with Crippen LogP contribution in [0.2, 0.25) is 0 Å². The van der Waals surface area contributed by atoms with Crippen LogP contribution in [0.4, 0.5) is 5.69 Å². The van der Waals surface area contributed by atoms with Crippen LogP contribution in [-0.4, -0.2) is 47.7 Å². The lowest BCUT2D eigenvalue weighted by atomic mass is 10.2. The molecular formula is C19H22N4O. The SMILES string of the molecule is CN1CCN(c2cccc3c2[nH]c(=O)n3Cc2ccccc2)CC1. The molecular weight excluding hydrogens is 300 g/mol. The predicted octanol–water partition coefficient (Wildman–Crippen LogP) is 2.13. The van der Waals surface area contributed by atoms with E-state index in [0.717, 1.165) is 48.5 Å². The number of likely N-dealkylation sites (N-methyl/N-ethyl adjacent to an activating group) is 1. The third kappa shape index (κ3) is 2.71. The average molecular weight is 322 g/mol. The predicted molar refractivity (Wildman–Crippen MR) is 97.8 cm³/mol. The number of piperazine rings is 1. The number of nitrogens with zero attached hydrogens (tertiary/aromatic N) is 3. The van der Waals surface area contributed by atoms with E-state index < -0.39 is 0 Å². The fourth-order valence-corrected chi connectivity index (χ4v) is 3.40. The van der Waals surface area contributed by atoms with Crippen molar-refractivity contribution in [3.63, 3.8) is 0 Å². The van der Waals surface area contributed by atoms with Crippen molar-refractivity contribution in [3.05, 3.63) is 64.6 Å². The molecule has 1 aromatic heterocycles. The van der Waals surface area contributed by atoms with E-state index in [1.54, 1.807) is 0 Å². The Morgan fingerprint density at radius 2 is 1.71 bits per heavy atom. The van der Waals surface area contributed by atoms with Crippen LogP contribution in [0.5, 0.6) is 0 Å². The molecule has 0 saturated carbocycles. The minimum atomic E-state index is -0.0459. The normalized spacial score (nSPS) is 16.0. The molecule has 4 rings (SSSR count). The third-order valence-electron chi connectivity index (χ3n) is 4.82. The summed E-state index contributed by atoms with van der Waals surface area (Å²) in [5, 5.41) is 0. The molecule has 0 atom stereocenters. The number of rotatable bonds is 3. The molecule has 0 aliphatic carbocycles. The first-order valence-electron chi connectivity index (χ1n) is 8.41. The second-order valence-corrected chi connectivity index (χ2v) is 6.46. The maximum Gasteiger partial charge on any atom is 0.326 e. The number of nitrogens with one attached hydrogen (secondary N) is 1. The lowest BCUT2D eigenvalue weighted by Gasteiger charge is -2.34. The first-order valence-corrected chi connectivity index (χ1v) is 8.41. The molecule has 124 valence electrons. The van der Waals surface area contributed by atoms with E-state index in [1.807, 2.05) is 34.9 Å². The van der Waals surface area contributed by atoms with E-state index in [9.17, 15) is 4.79 Å². The molecule has 0 spiro atoms. The van der Waals surface area contributed by atoms with Crippen LogP contribution in [0, 0.1) is 0 Å². The molecule has 1 fully saturated rings. The minimum absolute atomic E-state index is 0.0459. The summed E-state index contributed by atoms with van der Waals surface area (Å²) in [6.45, 7) is 4.66. The minimum Gasteiger partial charge on any atom is -0.367 e. The lowest BCUT2D eigenvalue weighted by molar-refractivity contribution is 0.313. The number of benzene rings is 2. The van der Waals surface area contributed by atoms with E-state index in [-0.39, 0.29) is 5.69 Å². The Morgan fingerprint density at radius 1 is 0.958 bits per heavy atom. The summed E-state index contributed by atoms with van der Waals surface area (Å²) >= 11 is 0. The van der Waals surface area contributed by atoms with Crippen molar-refractivity contribution >= 4 is 16.7 Å². The summed E-state index contributed by atoms with van der Waals surface area (Å²) in [5.74, 6) is 0. The number of fused-ring (bicyclic) bond motifs is 1. The van der Waals surface area contributed by atoms with Crippen molar-refractivity contribution in [2.45, 2.75) is 6.54 Å². The van der Waals surface area contributed by atoms with Gasteiger partial charge in [-0.2, -0.15) is 0 Å². The average Bonchev–Trinajstić information content (AvgIpc) is 2.92. The molecule has 0 amide bonds. The fraction of sp³-hybridized carbons (Fsp3) is 0.316.